The fraction of sp³-hybridized carbons (Fsp3) is 0.462. The number of carbonyl (C=O) groups excluding carboxylic acids is 1. The highest BCUT2D eigenvalue weighted by atomic mass is 16.5. The number of carbonyl (C=O) groups is 1. The average Bonchev–Trinajstić information content (AvgIpc) is 2.42. The van der Waals surface area contributed by atoms with Crippen molar-refractivity contribution in [1.29, 1.82) is 0 Å². The van der Waals surface area contributed by atoms with E-state index in [2.05, 4.69) is 4.90 Å². The van der Waals surface area contributed by atoms with Crippen LogP contribution in [0.4, 0.5) is 5.69 Å². The first-order valence-electron chi connectivity index (χ1n) is 6.07. The minimum absolute atomic E-state index is 0.501. The van der Waals surface area contributed by atoms with Crippen molar-refractivity contribution in [3.8, 4) is 5.75 Å². The molecule has 1 aliphatic heterocycles. The van der Waals surface area contributed by atoms with Crippen LogP contribution in [0, 0.1) is 0 Å². The molecule has 1 aliphatic rings. The lowest BCUT2D eigenvalue weighted by Gasteiger charge is -2.26. The Morgan fingerprint density at radius 3 is 2.83 bits per heavy atom. The third-order valence-electron chi connectivity index (χ3n) is 2.94. The third-order valence-corrected chi connectivity index (χ3v) is 2.94. The lowest BCUT2D eigenvalue weighted by molar-refractivity contribution is 0.0323. The monoisotopic (exact) mass is 250 g/mol. The molecule has 5 nitrogen and oxygen atoms in total. The second-order valence-electron chi connectivity index (χ2n) is 4.22. The van der Waals surface area contributed by atoms with Gasteiger partial charge in [-0.1, -0.05) is 0 Å². The van der Waals surface area contributed by atoms with Crippen molar-refractivity contribution in [2.24, 2.45) is 0 Å². The molecule has 0 saturated carbocycles. The van der Waals surface area contributed by atoms with Gasteiger partial charge >= 0.3 is 0 Å². The molecule has 0 aromatic heterocycles. The second-order valence-corrected chi connectivity index (χ2v) is 4.22. The summed E-state index contributed by atoms with van der Waals surface area (Å²) in [6.07, 6.45) is 0.772. The molecule has 98 valence electrons. The minimum Gasteiger partial charge on any atom is -0.490 e. The molecule has 0 unspecified atom stereocenters. The van der Waals surface area contributed by atoms with Crippen molar-refractivity contribution in [2.75, 3.05) is 45.2 Å². The molecule has 2 rings (SSSR count). The summed E-state index contributed by atoms with van der Waals surface area (Å²) in [4.78, 5) is 12.9. The Bertz CT molecular complexity index is 403. The topological polar surface area (TPSA) is 64.8 Å². The summed E-state index contributed by atoms with van der Waals surface area (Å²) in [5.41, 5.74) is 6.86. The van der Waals surface area contributed by atoms with Crippen LogP contribution in [0.5, 0.6) is 5.75 Å². The molecule has 1 fully saturated rings. The Balaban J connectivity index is 1.80. The molecule has 1 aromatic rings. The van der Waals surface area contributed by atoms with Crippen LogP contribution in [-0.4, -0.2) is 50.6 Å². The van der Waals surface area contributed by atoms with E-state index >= 15 is 0 Å². The molecular formula is C13H18N2O3. The highest BCUT2D eigenvalue weighted by Crippen LogP contribution is 2.21. The number of nitrogens with two attached hydrogens (primary N) is 1. The molecule has 0 radical (unpaired) electrons. The number of benzene rings is 1. The number of ether oxygens (including phenoxy) is 2. The van der Waals surface area contributed by atoms with Crippen molar-refractivity contribution in [3.05, 3.63) is 23.8 Å². The zero-order valence-corrected chi connectivity index (χ0v) is 10.3. The van der Waals surface area contributed by atoms with Crippen LogP contribution < -0.4 is 10.5 Å². The Morgan fingerprint density at radius 1 is 1.39 bits per heavy atom. The Labute approximate surface area is 106 Å². The summed E-state index contributed by atoms with van der Waals surface area (Å²) >= 11 is 0. The Kier molecular flexibility index (Phi) is 4.55. The zero-order chi connectivity index (χ0) is 12.8. The van der Waals surface area contributed by atoms with E-state index in [9.17, 15) is 4.79 Å². The van der Waals surface area contributed by atoms with Crippen molar-refractivity contribution >= 4 is 12.0 Å². The molecule has 1 heterocycles. The van der Waals surface area contributed by atoms with E-state index in [1.54, 1.807) is 18.2 Å². The van der Waals surface area contributed by atoms with Gasteiger partial charge in [-0.25, -0.2) is 0 Å². The summed E-state index contributed by atoms with van der Waals surface area (Å²) < 4.78 is 10.9. The molecule has 2 N–H and O–H groups in total. The molecule has 1 saturated heterocycles. The number of nitrogens with zero attached hydrogens (tertiary/aromatic N) is 1. The van der Waals surface area contributed by atoms with Gasteiger partial charge in [-0.15, -0.1) is 0 Å². The molecule has 5 heteroatoms. The zero-order valence-electron chi connectivity index (χ0n) is 10.3. The number of nitrogen functional groups attached to an aromatic ring is 1. The van der Waals surface area contributed by atoms with Crippen LogP contribution >= 0.6 is 0 Å². The molecule has 0 bridgehead atoms. The van der Waals surface area contributed by atoms with E-state index in [0.29, 0.717) is 23.6 Å². The number of rotatable bonds is 5. The normalized spacial score (nSPS) is 16.4. The average molecular weight is 250 g/mol. The van der Waals surface area contributed by atoms with Crippen molar-refractivity contribution in [2.45, 2.75) is 0 Å². The SMILES string of the molecule is Nc1cc(C=O)ccc1OCCN1CCOCC1. The number of hydrogen-bond acceptors (Lipinski definition) is 5. The van der Waals surface area contributed by atoms with Gasteiger partial charge in [-0.05, 0) is 18.2 Å². The van der Waals surface area contributed by atoms with Crippen LogP contribution in [0.25, 0.3) is 0 Å². The largest absolute Gasteiger partial charge is 0.490 e. The Hall–Kier alpha value is -1.59. The molecular weight excluding hydrogens is 232 g/mol. The number of anilines is 1. The summed E-state index contributed by atoms with van der Waals surface area (Å²) in [5, 5.41) is 0. The quantitative estimate of drug-likeness (QED) is 0.618. The molecule has 0 amide bonds. The first-order chi connectivity index (χ1) is 8.79. The maximum atomic E-state index is 10.6. The van der Waals surface area contributed by atoms with Crippen molar-refractivity contribution < 1.29 is 14.3 Å². The minimum atomic E-state index is 0.501. The highest BCUT2D eigenvalue weighted by molar-refractivity contribution is 5.78. The Morgan fingerprint density at radius 2 is 2.17 bits per heavy atom. The molecule has 0 aliphatic carbocycles. The van der Waals surface area contributed by atoms with Crippen molar-refractivity contribution in [3.63, 3.8) is 0 Å². The van der Waals surface area contributed by atoms with Gasteiger partial charge < -0.3 is 15.2 Å². The maximum Gasteiger partial charge on any atom is 0.150 e. The molecule has 18 heavy (non-hydrogen) atoms. The van der Waals surface area contributed by atoms with E-state index in [0.717, 1.165) is 39.1 Å². The van der Waals surface area contributed by atoms with E-state index in [4.69, 9.17) is 15.2 Å². The van der Waals surface area contributed by atoms with E-state index in [1.807, 2.05) is 0 Å². The highest BCUT2D eigenvalue weighted by Gasteiger charge is 2.10. The van der Waals surface area contributed by atoms with Gasteiger partial charge in [0.1, 0.15) is 18.6 Å². The summed E-state index contributed by atoms with van der Waals surface area (Å²) in [6.45, 7) is 4.92. The van der Waals surface area contributed by atoms with Crippen LogP contribution in [0.1, 0.15) is 10.4 Å². The van der Waals surface area contributed by atoms with Gasteiger partial charge in [0.05, 0.1) is 18.9 Å². The van der Waals surface area contributed by atoms with E-state index in [-0.39, 0.29) is 0 Å². The number of morpholine rings is 1. The smallest absolute Gasteiger partial charge is 0.150 e. The number of hydrogen-bond donors (Lipinski definition) is 1. The lowest BCUT2D eigenvalue weighted by Crippen LogP contribution is -2.38. The van der Waals surface area contributed by atoms with Crippen LogP contribution in [-0.2, 0) is 4.74 Å². The molecule has 1 aromatic carbocycles. The standard InChI is InChI=1S/C13H18N2O3/c14-12-9-11(10-16)1-2-13(12)18-8-5-15-3-6-17-7-4-15/h1-2,9-10H,3-8,14H2. The van der Waals surface area contributed by atoms with Gasteiger partial charge in [-0.3, -0.25) is 9.69 Å². The maximum absolute atomic E-state index is 10.6. The first kappa shape index (κ1) is 12.9. The summed E-state index contributed by atoms with van der Waals surface area (Å²) in [6, 6.07) is 5.06. The second kappa shape index (κ2) is 6.37. The van der Waals surface area contributed by atoms with Crippen molar-refractivity contribution in [1.82, 2.24) is 4.90 Å². The van der Waals surface area contributed by atoms with Crippen LogP contribution in [0.3, 0.4) is 0 Å². The first-order valence-corrected chi connectivity index (χ1v) is 6.07. The third kappa shape index (κ3) is 3.45. The predicted molar refractivity (Wildman–Crippen MR) is 69.0 cm³/mol. The van der Waals surface area contributed by atoms with E-state index in [1.165, 1.54) is 0 Å². The van der Waals surface area contributed by atoms with Gasteiger partial charge in [-0.2, -0.15) is 0 Å². The van der Waals surface area contributed by atoms with Gasteiger partial charge in [0.25, 0.3) is 0 Å². The van der Waals surface area contributed by atoms with Crippen LogP contribution in [0.2, 0.25) is 0 Å². The fourth-order valence-electron chi connectivity index (χ4n) is 1.88. The van der Waals surface area contributed by atoms with E-state index < -0.39 is 0 Å². The summed E-state index contributed by atoms with van der Waals surface area (Å²) in [7, 11) is 0. The number of aldehydes is 1. The molecule has 0 atom stereocenters. The predicted octanol–water partition coefficient (Wildman–Crippen LogP) is 0.792. The van der Waals surface area contributed by atoms with Gasteiger partial charge in [0.2, 0.25) is 0 Å². The fourth-order valence-corrected chi connectivity index (χ4v) is 1.88. The van der Waals surface area contributed by atoms with Crippen LogP contribution in [0.15, 0.2) is 18.2 Å². The summed E-state index contributed by atoms with van der Waals surface area (Å²) in [5.74, 6) is 0.633. The molecule has 0 spiro atoms. The van der Waals surface area contributed by atoms with Gasteiger partial charge in [0, 0.05) is 25.2 Å². The van der Waals surface area contributed by atoms with Gasteiger partial charge in [0.15, 0.2) is 0 Å². The lowest BCUT2D eigenvalue weighted by atomic mass is 10.2.